The molecular formula is C14H18FNO2. The molecule has 1 unspecified atom stereocenters. The van der Waals surface area contributed by atoms with E-state index in [9.17, 15) is 9.18 Å². The van der Waals surface area contributed by atoms with Gasteiger partial charge in [-0.3, -0.25) is 4.79 Å². The van der Waals surface area contributed by atoms with E-state index < -0.39 is 0 Å². The van der Waals surface area contributed by atoms with Gasteiger partial charge in [-0.15, -0.1) is 0 Å². The summed E-state index contributed by atoms with van der Waals surface area (Å²) in [5.41, 5.74) is 1.06. The standard InChI is InChI=1S/C14H18FNO2/c1-18-14(17)13(11-4-5-11)16-9-8-10-2-6-12(15)7-3-10/h2-3,6-7,11,13,16H,4-5,8-9H2,1H3. The Balaban J connectivity index is 1.79. The lowest BCUT2D eigenvalue weighted by atomic mass is 10.1. The fourth-order valence-corrected chi connectivity index (χ4v) is 2.02. The van der Waals surface area contributed by atoms with Crippen molar-refractivity contribution in [2.24, 2.45) is 5.92 Å². The maximum atomic E-state index is 12.7. The van der Waals surface area contributed by atoms with Gasteiger partial charge in [-0.1, -0.05) is 12.1 Å². The molecule has 1 atom stereocenters. The SMILES string of the molecule is COC(=O)C(NCCc1ccc(F)cc1)C1CC1. The molecule has 0 amide bonds. The molecule has 1 aliphatic rings. The van der Waals surface area contributed by atoms with Gasteiger partial charge in [-0.25, -0.2) is 4.39 Å². The molecule has 0 aromatic heterocycles. The summed E-state index contributed by atoms with van der Waals surface area (Å²) in [6.45, 7) is 0.696. The van der Waals surface area contributed by atoms with Crippen molar-refractivity contribution in [2.75, 3.05) is 13.7 Å². The maximum absolute atomic E-state index is 12.7. The van der Waals surface area contributed by atoms with Crippen molar-refractivity contribution in [2.45, 2.75) is 25.3 Å². The quantitative estimate of drug-likeness (QED) is 0.785. The lowest BCUT2D eigenvalue weighted by Gasteiger charge is -2.15. The van der Waals surface area contributed by atoms with Crippen LogP contribution in [0.2, 0.25) is 0 Å². The minimum atomic E-state index is -0.225. The van der Waals surface area contributed by atoms with Gasteiger partial charge < -0.3 is 10.1 Å². The van der Waals surface area contributed by atoms with Gasteiger partial charge >= 0.3 is 5.97 Å². The number of rotatable bonds is 6. The van der Waals surface area contributed by atoms with Gasteiger partial charge in [-0.05, 0) is 49.4 Å². The fraction of sp³-hybridized carbons (Fsp3) is 0.500. The smallest absolute Gasteiger partial charge is 0.323 e. The van der Waals surface area contributed by atoms with E-state index in [-0.39, 0.29) is 17.8 Å². The molecule has 4 heteroatoms. The Bertz CT molecular complexity index is 401. The van der Waals surface area contributed by atoms with Gasteiger partial charge in [0.05, 0.1) is 7.11 Å². The summed E-state index contributed by atoms with van der Waals surface area (Å²) < 4.78 is 17.5. The van der Waals surface area contributed by atoms with Crippen LogP contribution in [0.1, 0.15) is 18.4 Å². The second-order valence-corrected chi connectivity index (χ2v) is 4.67. The Morgan fingerprint density at radius 3 is 2.67 bits per heavy atom. The first-order valence-electron chi connectivity index (χ1n) is 6.26. The van der Waals surface area contributed by atoms with Crippen LogP contribution < -0.4 is 5.32 Å². The van der Waals surface area contributed by atoms with Crippen LogP contribution in [0.15, 0.2) is 24.3 Å². The minimum Gasteiger partial charge on any atom is -0.468 e. The first-order valence-corrected chi connectivity index (χ1v) is 6.26. The minimum absolute atomic E-state index is 0.184. The molecule has 1 aliphatic carbocycles. The van der Waals surface area contributed by atoms with Crippen molar-refractivity contribution in [1.29, 1.82) is 0 Å². The van der Waals surface area contributed by atoms with Crippen LogP contribution in [-0.4, -0.2) is 25.7 Å². The topological polar surface area (TPSA) is 38.3 Å². The van der Waals surface area contributed by atoms with E-state index in [0.717, 1.165) is 24.8 Å². The number of methoxy groups -OCH3 is 1. The van der Waals surface area contributed by atoms with E-state index >= 15 is 0 Å². The van der Waals surface area contributed by atoms with E-state index in [4.69, 9.17) is 4.74 Å². The van der Waals surface area contributed by atoms with Gasteiger partial charge in [0.1, 0.15) is 11.9 Å². The Morgan fingerprint density at radius 1 is 1.44 bits per heavy atom. The summed E-state index contributed by atoms with van der Waals surface area (Å²) in [5.74, 6) is 0.0133. The summed E-state index contributed by atoms with van der Waals surface area (Å²) in [5, 5.41) is 3.23. The highest BCUT2D eigenvalue weighted by molar-refractivity contribution is 5.76. The molecule has 1 fully saturated rings. The highest BCUT2D eigenvalue weighted by Crippen LogP contribution is 2.33. The lowest BCUT2D eigenvalue weighted by Crippen LogP contribution is -2.40. The summed E-state index contributed by atoms with van der Waals surface area (Å²) in [6, 6.07) is 6.25. The zero-order valence-electron chi connectivity index (χ0n) is 10.5. The summed E-state index contributed by atoms with van der Waals surface area (Å²) >= 11 is 0. The third-order valence-corrected chi connectivity index (χ3v) is 3.24. The molecular weight excluding hydrogens is 233 g/mol. The molecule has 1 aromatic carbocycles. The Morgan fingerprint density at radius 2 is 2.11 bits per heavy atom. The Hall–Kier alpha value is -1.42. The Kier molecular flexibility index (Phi) is 4.31. The summed E-state index contributed by atoms with van der Waals surface area (Å²) in [6.07, 6.45) is 2.95. The predicted octanol–water partition coefficient (Wildman–Crippen LogP) is 1.91. The van der Waals surface area contributed by atoms with E-state index in [1.807, 2.05) is 0 Å². The lowest BCUT2D eigenvalue weighted by molar-refractivity contribution is -0.143. The fourth-order valence-electron chi connectivity index (χ4n) is 2.02. The van der Waals surface area contributed by atoms with Gasteiger partial charge in [0.15, 0.2) is 0 Å². The molecule has 1 aromatic rings. The maximum Gasteiger partial charge on any atom is 0.323 e. The van der Waals surface area contributed by atoms with Crippen molar-refractivity contribution in [3.63, 3.8) is 0 Å². The van der Waals surface area contributed by atoms with Crippen LogP contribution >= 0.6 is 0 Å². The zero-order valence-corrected chi connectivity index (χ0v) is 10.5. The number of halogens is 1. The largest absolute Gasteiger partial charge is 0.468 e. The number of carbonyl (C=O) groups is 1. The molecule has 0 radical (unpaired) electrons. The first kappa shape index (κ1) is 13.0. The normalized spacial score (nSPS) is 16.3. The third kappa shape index (κ3) is 3.53. The number of carbonyl (C=O) groups excluding carboxylic acids is 1. The molecule has 98 valence electrons. The summed E-state index contributed by atoms with van der Waals surface area (Å²) in [7, 11) is 1.42. The number of hydrogen-bond acceptors (Lipinski definition) is 3. The molecule has 3 nitrogen and oxygen atoms in total. The van der Waals surface area contributed by atoms with Crippen molar-refractivity contribution in [3.05, 3.63) is 35.6 Å². The average molecular weight is 251 g/mol. The van der Waals surface area contributed by atoms with Crippen LogP contribution in [0.3, 0.4) is 0 Å². The number of hydrogen-bond donors (Lipinski definition) is 1. The molecule has 0 saturated heterocycles. The molecule has 1 N–H and O–H groups in total. The zero-order chi connectivity index (χ0) is 13.0. The number of benzene rings is 1. The Labute approximate surface area is 106 Å². The van der Waals surface area contributed by atoms with Crippen LogP contribution in [0.5, 0.6) is 0 Å². The van der Waals surface area contributed by atoms with Crippen LogP contribution in [0.4, 0.5) is 4.39 Å². The van der Waals surface area contributed by atoms with Gasteiger partial charge in [0.2, 0.25) is 0 Å². The number of ether oxygens (including phenoxy) is 1. The van der Waals surface area contributed by atoms with Crippen LogP contribution in [-0.2, 0) is 16.0 Å². The van der Waals surface area contributed by atoms with Crippen molar-refractivity contribution >= 4 is 5.97 Å². The van der Waals surface area contributed by atoms with Crippen molar-refractivity contribution in [1.82, 2.24) is 5.32 Å². The predicted molar refractivity (Wildman–Crippen MR) is 66.6 cm³/mol. The van der Waals surface area contributed by atoms with Crippen molar-refractivity contribution in [3.8, 4) is 0 Å². The second-order valence-electron chi connectivity index (χ2n) is 4.67. The average Bonchev–Trinajstić information content (AvgIpc) is 3.20. The van der Waals surface area contributed by atoms with E-state index in [2.05, 4.69) is 5.32 Å². The van der Waals surface area contributed by atoms with E-state index in [1.54, 1.807) is 12.1 Å². The first-order chi connectivity index (χ1) is 8.70. The van der Waals surface area contributed by atoms with E-state index in [1.165, 1.54) is 19.2 Å². The van der Waals surface area contributed by atoms with Gasteiger partial charge in [0.25, 0.3) is 0 Å². The van der Waals surface area contributed by atoms with Crippen LogP contribution in [0, 0.1) is 11.7 Å². The van der Waals surface area contributed by atoms with Crippen molar-refractivity contribution < 1.29 is 13.9 Å². The third-order valence-electron chi connectivity index (χ3n) is 3.24. The molecule has 18 heavy (non-hydrogen) atoms. The molecule has 0 aliphatic heterocycles. The molecule has 0 heterocycles. The number of nitrogens with one attached hydrogen (secondary N) is 1. The highest BCUT2D eigenvalue weighted by atomic mass is 19.1. The second kappa shape index (κ2) is 5.96. The molecule has 2 rings (SSSR count). The molecule has 0 bridgehead atoms. The van der Waals surface area contributed by atoms with Gasteiger partial charge in [-0.2, -0.15) is 0 Å². The monoisotopic (exact) mass is 251 g/mol. The molecule has 0 spiro atoms. The molecule has 1 saturated carbocycles. The van der Waals surface area contributed by atoms with E-state index in [0.29, 0.717) is 12.5 Å². The summed E-state index contributed by atoms with van der Waals surface area (Å²) in [4.78, 5) is 11.5. The van der Waals surface area contributed by atoms with Gasteiger partial charge in [0, 0.05) is 0 Å². The van der Waals surface area contributed by atoms with Crippen LogP contribution in [0.25, 0.3) is 0 Å². The highest BCUT2D eigenvalue weighted by Gasteiger charge is 2.36. The number of esters is 1.